The van der Waals surface area contributed by atoms with Crippen LogP contribution in [-0.2, 0) is 30.4 Å². The number of hydrogen-bond acceptors (Lipinski definition) is 8. The van der Waals surface area contributed by atoms with Crippen molar-refractivity contribution in [2.75, 3.05) is 18.6 Å². The summed E-state index contributed by atoms with van der Waals surface area (Å²) < 4.78 is 0. The molecule has 11 N–H and O–H groups in total. The van der Waals surface area contributed by atoms with Crippen LogP contribution in [0.1, 0.15) is 37.7 Å². The number of aromatic nitrogens is 1. The first kappa shape index (κ1) is 32.6. The number of benzene rings is 1. The highest BCUT2D eigenvalue weighted by Crippen LogP contribution is 2.19. The quantitative estimate of drug-likeness (QED) is 0.105. The van der Waals surface area contributed by atoms with Gasteiger partial charge in [-0.25, -0.2) is 4.79 Å². The summed E-state index contributed by atoms with van der Waals surface area (Å²) >= 11 is 1.45. The van der Waals surface area contributed by atoms with E-state index in [1.807, 2.05) is 30.5 Å². The molecule has 1 aromatic heterocycles. The van der Waals surface area contributed by atoms with Crippen molar-refractivity contribution in [2.24, 2.45) is 17.2 Å². The topological polar surface area (TPSA) is 236 Å². The van der Waals surface area contributed by atoms with Crippen LogP contribution in [0.4, 0.5) is 0 Å². The number of unbranched alkanes of at least 4 members (excludes halogenated alkanes) is 1. The van der Waals surface area contributed by atoms with Crippen molar-refractivity contribution in [3.05, 3.63) is 36.0 Å². The monoisotopic (exact) mass is 577 g/mol. The lowest BCUT2D eigenvalue weighted by Crippen LogP contribution is -2.58. The second kappa shape index (κ2) is 16.5. The van der Waals surface area contributed by atoms with Gasteiger partial charge in [0.15, 0.2) is 0 Å². The van der Waals surface area contributed by atoms with Crippen LogP contribution in [0, 0.1) is 0 Å². The van der Waals surface area contributed by atoms with Gasteiger partial charge in [0.1, 0.15) is 18.1 Å². The lowest BCUT2D eigenvalue weighted by Gasteiger charge is -2.24. The largest absolute Gasteiger partial charge is 0.480 e. The molecule has 0 fully saturated rings. The molecule has 2 rings (SSSR count). The zero-order valence-corrected chi connectivity index (χ0v) is 23.3. The molecule has 0 saturated heterocycles. The molecule has 4 atom stereocenters. The molecule has 1 heterocycles. The number of para-hydroxylation sites is 1. The van der Waals surface area contributed by atoms with E-state index in [1.54, 1.807) is 6.20 Å². The van der Waals surface area contributed by atoms with Gasteiger partial charge in [0.05, 0.1) is 12.5 Å². The molecule has 4 unspecified atom stereocenters. The average molecular weight is 578 g/mol. The van der Waals surface area contributed by atoms with Gasteiger partial charge >= 0.3 is 5.97 Å². The maximum absolute atomic E-state index is 13.1. The Morgan fingerprint density at radius 2 is 1.60 bits per heavy atom. The molecule has 0 aliphatic rings. The minimum absolute atomic E-state index is 0.0449. The van der Waals surface area contributed by atoms with Crippen LogP contribution in [-0.4, -0.2) is 82.4 Å². The fourth-order valence-electron chi connectivity index (χ4n) is 4.10. The van der Waals surface area contributed by atoms with Crippen molar-refractivity contribution in [3.63, 3.8) is 0 Å². The van der Waals surface area contributed by atoms with Gasteiger partial charge in [-0.05, 0) is 49.4 Å². The third-order valence-electron chi connectivity index (χ3n) is 6.30. The Morgan fingerprint density at radius 1 is 0.950 bits per heavy atom. The summed E-state index contributed by atoms with van der Waals surface area (Å²) in [7, 11) is 0. The van der Waals surface area contributed by atoms with Gasteiger partial charge in [-0.3, -0.25) is 19.2 Å². The number of H-pyrrole nitrogens is 1. The van der Waals surface area contributed by atoms with Crippen LogP contribution in [0.3, 0.4) is 0 Å². The molecule has 0 saturated carbocycles. The van der Waals surface area contributed by atoms with E-state index in [0.29, 0.717) is 37.1 Å². The summed E-state index contributed by atoms with van der Waals surface area (Å²) in [5, 5.41) is 18.1. The van der Waals surface area contributed by atoms with E-state index in [1.165, 1.54) is 11.8 Å². The molecule has 0 spiro atoms. The summed E-state index contributed by atoms with van der Waals surface area (Å²) in [5.41, 5.74) is 18.2. The zero-order valence-electron chi connectivity index (χ0n) is 22.5. The molecular weight excluding hydrogens is 538 g/mol. The Hall–Kier alpha value is -3.62. The number of rotatable bonds is 18. The second-order valence-corrected chi connectivity index (χ2v) is 10.4. The zero-order chi connectivity index (χ0) is 29.7. The smallest absolute Gasteiger partial charge is 0.326 e. The number of amides is 4. The van der Waals surface area contributed by atoms with Crippen LogP contribution in [0.25, 0.3) is 10.9 Å². The molecule has 0 bridgehead atoms. The van der Waals surface area contributed by atoms with Crippen molar-refractivity contribution in [3.8, 4) is 0 Å². The van der Waals surface area contributed by atoms with Gasteiger partial charge in [0, 0.05) is 23.5 Å². The standard InChI is InChI=1S/C26H39N7O6S/c1-40-11-9-19(31-23(35)17(28)7-4-5-10-27)24(36)32-20(13-22(29)34)25(37)33-21(26(38)39)12-15-14-30-18-8-3-2-6-16(15)18/h2-3,6,8,14,17,19-21,30H,4-5,7,9-13,27-28H2,1H3,(H2,29,34)(H,31,35)(H,32,36)(H,33,37)(H,38,39). The van der Waals surface area contributed by atoms with Crippen LogP contribution in [0.2, 0.25) is 0 Å². The lowest BCUT2D eigenvalue weighted by atomic mass is 10.0. The normalized spacial score (nSPS) is 14.1. The van der Waals surface area contributed by atoms with Gasteiger partial charge in [-0.1, -0.05) is 24.6 Å². The highest BCUT2D eigenvalue weighted by Gasteiger charge is 2.31. The number of thioether (sulfide) groups is 1. The van der Waals surface area contributed by atoms with E-state index in [4.69, 9.17) is 17.2 Å². The number of carboxylic acids is 1. The third-order valence-corrected chi connectivity index (χ3v) is 6.95. The second-order valence-electron chi connectivity index (χ2n) is 9.43. The van der Waals surface area contributed by atoms with Crippen LogP contribution in [0.15, 0.2) is 30.5 Å². The Labute approximate surface area is 236 Å². The minimum atomic E-state index is -1.46. The fourth-order valence-corrected chi connectivity index (χ4v) is 4.57. The number of aliphatic carboxylic acids is 1. The van der Waals surface area contributed by atoms with Crippen molar-refractivity contribution >= 4 is 52.3 Å². The van der Waals surface area contributed by atoms with Gasteiger partial charge in [0.2, 0.25) is 23.6 Å². The Balaban J connectivity index is 2.14. The first-order chi connectivity index (χ1) is 19.1. The average Bonchev–Trinajstić information content (AvgIpc) is 3.32. The van der Waals surface area contributed by atoms with Crippen molar-refractivity contribution < 1.29 is 29.1 Å². The first-order valence-electron chi connectivity index (χ1n) is 13.0. The first-order valence-corrected chi connectivity index (χ1v) is 14.4. The Bertz CT molecular complexity index is 1170. The molecule has 2 aromatic rings. The number of nitrogens with two attached hydrogens (primary N) is 3. The van der Waals surface area contributed by atoms with E-state index in [0.717, 1.165) is 10.9 Å². The number of carboxylic acid groups (broad SMARTS) is 1. The van der Waals surface area contributed by atoms with Crippen molar-refractivity contribution in [2.45, 2.75) is 62.7 Å². The summed E-state index contributed by atoms with van der Waals surface area (Å²) in [6.45, 7) is 0.473. The molecule has 14 heteroatoms. The van der Waals surface area contributed by atoms with E-state index in [2.05, 4.69) is 20.9 Å². The summed E-state index contributed by atoms with van der Waals surface area (Å²) in [5.74, 6) is -3.81. The van der Waals surface area contributed by atoms with Crippen LogP contribution >= 0.6 is 11.8 Å². The van der Waals surface area contributed by atoms with Crippen molar-refractivity contribution in [1.82, 2.24) is 20.9 Å². The number of fused-ring (bicyclic) bond motifs is 1. The number of aromatic amines is 1. The van der Waals surface area contributed by atoms with E-state index in [-0.39, 0.29) is 12.8 Å². The molecule has 0 radical (unpaired) electrons. The van der Waals surface area contributed by atoms with Gasteiger partial charge in [-0.15, -0.1) is 0 Å². The van der Waals surface area contributed by atoms with Gasteiger partial charge in [0.25, 0.3) is 0 Å². The molecule has 0 aliphatic heterocycles. The molecule has 4 amide bonds. The summed E-state index contributed by atoms with van der Waals surface area (Å²) in [6.07, 6.45) is 4.86. The number of nitrogens with one attached hydrogen (secondary N) is 4. The number of carbonyl (C=O) groups is 5. The molecular formula is C26H39N7O6S. The molecule has 0 aliphatic carbocycles. The highest BCUT2D eigenvalue weighted by atomic mass is 32.2. The van der Waals surface area contributed by atoms with Crippen molar-refractivity contribution in [1.29, 1.82) is 0 Å². The van der Waals surface area contributed by atoms with Gasteiger partial charge in [-0.2, -0.15) is 11.8 Å². The maximum Gasteiger partial charge on any atom is 0.326 e. The fraction of sp³-hybridized carbons (Fsp3) is 0.500. The predicted octanol–water partition coefficient (Wildman–Crippen LogP) is -0.666. The van der Waals surface area contributed by atoms with Gasteiger partial charge < -0.3 is 43.2 Å². The third kappa shape index (κ3) is 10.2. The van der Waals surface area contributed by atoms with E-state index >= 15 is 0 Å². The van der Waals surface area contributed by atoms with Crippen LogP contribution in [0.5, 0.6) is 0 Å². The molecule has 13 nitrogen and oxygen atoms in total. The number of primary amides is 1. The van der Waals surface area contributed by atoms with E-state index < -0.39 is 60.2 Å². The highest BCUT2D eigenvalue weighted by molar-refractivity contribution is 7.98. The SMILES string of the molecule is CSCCC(NC(=O)C(N)CCCCN)C(=O)NC(CC(N)=O)C(=O)NC(Cc1c[nH]c2ccccc12)C(=O)O. The number of hydrogen-bond donors (Lipinski definition) is 8. The van der Waals surface area contributed by atoms with E-state index in [9.17, 15) is 29.1 Å². The summed E-state index contributed by atoms with van der Waals surface area (Å²) in [4.78, 5) is 65.6. The van der Waals surface area contributed by atoms with Crippen LogP contribution < -0.4 is 33.2 Å². The molecule has 220 valence electrons. The lowest BCUT2D eigenvalue weighted by molar-refractivity contribution is -0.142. The Kier molecular flexibility index (Phi) is 13.4. The predicted molar refractivity (Wildman–Crippen MR) is 153 cm³/mol. The molecule has 1 aromatic carbocycles. The minimum Gasteiger partial charge on any atom is -0.480 e. The number of carbonyl (C=O) groups excluding carboxylic acids is 4. The summed E-state index contributed by atoms with van der Waals surface area (Å²) in [6, 6.07) is 2.62. The Morgan fingerprint density at radius 3 is 2.25 bits per heavy atom. The maximum atomic E-state index is 13.1. The molecule has 40 heavy (non-hydrogen) atoms.